The molecular formula is C6H15K2NO9S. The van der Waals surface area contributed by atoms with Crippen LogP contribution in [0.2, 0.25) is 0 Å². The van der Waals surface area contributed by atoms with Crippen molar-refractivity contribution in [1.29, 1.82) is 0 Å². The SMILES string of the molecule is NC[C@H](O)[C@@H](O)[C@H](O)[C@H](O)CO.O=S(=O)([O-])[O-].[K+].[K+]. The average molecular weight is 355 g/mol. The summed E-state index contributed by atoms with van der Waals surface area (Å²) in [5.74, 6) is 0. The van der Waals surface area contributed by atoms with Gasteiger partial charge in [0.25, 0.3) is 0 Å². The molecule has 10 nitrogen and oxygen atoms in total. The van der Waals surface area contributed by atoms with E-state index < -0.39 is 41.4 Å². The van der Waals surface area contributed by atoms with Gasteiger partial charge in [-0.25, -0.2) is 0 Å². The minimum absolute atomic E-state index is 0. The van der Waals surface area contributed by atoms with Crippen LogP contribution in [0.15, 0.2) is 0 Å². The second-order valence-corrected chi connectivity index (χ2v) is 3.76. The summed E-state index contributed by atoms with van der Waals surface area (Å²) in [6.45, 7) is -0.911. The summed E-state index contributed by atoms with van der Waals surface area (Å²) in [5.41, 5.74) is 4.99. The quantitative estimate of drug-likeness (QED) is 0.156. The first-order valence-corrected chi connectivity index (χ1v) is 5.57. The molecule has 0 unspecified atom stereocenters. The molecular weight excluding hydrogens is 340 g/mol. The van der Waals surface area contributed by atoms with Crippen molar-refractivity contribution < 1.29 is 146 Å². The molecule has 0 amide bonds. The minimum atomic E-state index is -5.17. The van der Waals surface area contributed by atoms with Crippen LogP contribution < -0.4 is 109 Å². The molecule has 0 aliphatic carbocycles. The molecule has 7 N–H and O–H groups in total. The molecule has 106 valence electrons. The fourth-order valence-corrected chi connectivity index (χ4v) is 0.703. The summed E-state index contributed by atoms with van der Waals surface area (Å²) in [7, 11) is -5.17. The third-order valence-electron chi connectivity index (χ3n) is 1.57. The predicted octanol–water partition coefficient (Wildman–Crippen LogP) is -10.9. The van der Waals surface area contributed by atoms with E-state index in [9.17, 15) is 0 Å². The Morgan fingerprint density at radius 3 is 1.42 bits per heavy atom. The van der Waals surface area contributed by atoms with Crippen molar-refractivity contribution in [3.05, 3.63) is 0 Å². The van der Waals surface area contributed by atoms with Gasteiger partial charge in [-0.3, -0.25) is 8.42 Å². The van der Waals surface area contributed by atoms with Gasteiger partial charge in [0.1, 0.15) is 18.3 Å². The molecule has 0 aliphatic heterocycles. The molecule has 0 fully saturated rings. The maximum Gasteiger partial charge on any atom is 1.00 e. The number of hydrogen-bond acceptors (Lipinski definition) is 10. The second-order valence-electron chi connectivity index (χ2n) is 2.94. The molecule has 0 aromatic heterocycles. The van der Waals surface area contributed by atoms with E-state index in [-0.39, 0.29) is 109 Å². The maximum absolute atomic E-state index is 9.04. The van der Waals surface area contributed by atoms with Gasteiger partial charge in [-0.05, 0) is 0 Å². The Morgan fingerprint density at radius 1 is 0.947 bits per heavy atom. The zero-order valence-corrected chi connectivity index (χ0v) is 17.6. The Hall–Kier alpha value is 2.90. The van der Waals surface area contributed by atoms with Crippen molar-refractivity contribution in [3.8, 4) is 0 Å². The van der Waals surface area contributed by atoms with Crippen molar-refractivity contribution in [2.75, 3.05) is 13.2 Å². The van der Waals surface area contributed by atoms with Crippen LogP contribution in [0.1, 0.15) is 0 Å². The molecule has 0 bridgehead atoms. The maximum atomic E-state index is 9.04. The van der Waals surface area contributed by atoms with Crippen molar-refractivity contribution >= 4 is 10.4 Å². The molecule has 13 heteroatoms. The molecule has 4 atom stereocenters. The van der Waals surface area contributed by atoms with Crippen LogP contribution in [0.5, 0.6) is 0 Å². The standard InChI is InChI=1S/C6H15NO5.2K.H2O4S/c7-1-3(9)5(11)6(12)4(10)2-8;;;1-5(2,3)4/h3-6,8-12H,1-2,7H2;;;(H2,1,2,3,4)/q;2*+1;/p-2/t3-,4+,5+,6+;;;/m0.../s1. The van der Waals surface area contributed by atoms with Crippen molar-refractivity contribution in [2.45, 2.75) is 24.4 Å². The van der Waals surface area contributed by atoms with Gasteiger partial charge >= 0.3 is 103 Å². The summed E-state index contributed by atoms with van der Waals surface area (Å²) in [4.78, 5) is 0. The van der Waals surface area contributed by atoms with Gasteiger partial charge in [-0.1, -0.05) is 0 Å². The number of rotatable bonds is 5. The van der Waals surface area contributed by atoms with Crippen LogP contribution in [0, 0.1) is 0 Å². The van der Waals surface area contributed by atoms with Crippen molar-refractivity contribution in [1.82, 2.24) is 0 Å². The van der Waals surface area contributed by atoms with Gasteiger partial charge in [0, 0.05) is 16.9 Å². The monoisotopic (exact) mass is 355 g/mol. The van der Waals surface area contributed by atoms with Crippen LogP contribution in [0.4, 0.5) is 0 Å². The second kappa shape index (κ2) is 15.8. The topological polar surface area (TPSA) is 207 Å². The summed E-state index contributed by atoms with van der Waals surface area (Å²) in [6.07, 6.45) is -5.91. The van der Waals surface area contributed by atoms with Crippen LogP contribution in [0.3, 0.4) is 0 Å². The number of aliphatic hydroxyl groups excluding tert-OH is 5. The molecule has 0 aromatic carbocycles. The van der Waals surface area contributed by atoms with Gasteiger partial charge < -0.3 is 40.4 Å². The van der Waals surface area contributed by atoms with E-state index in [4.69, 9.17) is 48.8 Å². The smallest absolute Gasteiger partial charge is 0.759 e. The third-order valence-corrected chi connectivity index (χ3v) is 1.57. The molecule has 0 spiro atoms. The molecule has 0 saturated carbocycles. The summed E-state index contributed by atoms with van der Waals surface area (Å²) >= 11 is 0. The zero-order chi connectivity index (χ0) is 14.2. The van der Waals surface area contributed by atoms with E-state index >= 15 is 0 Å². The van der Waals surface area contributed by atoms with E-state index in [0.717, 1.165) is 0 Å². The number of aliphatic hydroxyl groups is 5. The summed E-state index contributed by atoms with van der Waals surface area (Å²) < 4.78 is 34.1. The third kappa shape index (κ3) is 20.9. The molecule has 0 aromatic rings. The molecule has 19 heavy (non-hydrogen) atoms. The van der Waals surface area contributed by atoms with Gasteiger partial charge in [-0.2, -0.15) is 0 Å². The predicted molar refractivity (Wildman–Crippen MR) is 50.6 cm³/mol. The largest absolute Gasteiger partial charge is 1.00 e. The first-order chi connectivity index (χ1) is 7.54. The van der Waals surface area contributed by atoms with Gasteiger partial charge in [-0.15, -0.1) is 0 Å². The van der Waals surface area contributed by atoms with Crippen LogP contribution >= 0.6 is 0 Å². The van der Waals surface area contributed by atoms with Crippen molar-refractivity contribution in [3.63, 3.8) is 0 Å². The van der Waals surface area contributed by atoms with Crippen LogP contribution in [-0.2, 0) is 10.4 Å². The van der Waals surface area contributed by atoms with E-state index in [2.05, 4.69) is 0 Å². The van der Waals surface area contributed by atoms with Crippen LogP contribution in [0.25, 0.3) is 0 Å². The molecule has 0 rings (SSSR count). The Labute approximate surface area is 195 Å². The molecule has 0 saturated heterocycles. The molecule has 0 radical (unpaired) electrons. The van der Waals surface area contributed by atoms with E-state index in [0.29, 0.717) is 0 Å². The Bertz CT molecular complexity index is 268. The van der Waals surface area contributed by atoms with E-state index in [1.165, 1.54) is 0 Å². The van der Waals surface area contributed by atoms with Gasteiger partial charge in [0.2, 0.25) is 0 Å². The number of hydrogen-bond donors (Lipinski definition) is 6. The fraction of sp³-hybridized carbons (Fsp3) is 1.00. The van der Waals surface area contributed by atoms with E-state index in [1.54, 1.807) is 0 Å². The van der Waals surface area contributed by atoms with Gasteiger partial charge in [0.15, 0.2) is 0 Å². The minimum Gasteiger partial charge on any atom is -0.759 e. The van der Waals surface area contributed by atoms with Crippen LogP contribution in [-0.4, -0.2) is 80.6 Å². The summed E-state index contributed by atoms with van der Waals surface area (Å²) in [6, 6.07) is 0. The van der Waals surface area contributed by atoms with Crippen molar-refractivity contribution in [2.24, 2.45) is 5.73 Å². The molecule has 0 heterocycles. The Balaban J connectivity index is -0.000000139. The summed E-state index contributed by atoms with van der Waals surface area (Å²) in [5, 5.41) is 44.2. The normalized spacial score (nSPS) is 16.6. The fourth-order valence-electron chi connectivity index (χ4n) is 0.703. The average Bonchev–Trinajstić information content (AvgIpc) is 2.22. The Morgan fingerprint density at radius 2 is 1.21 bits per heavy atom. The first-order valence-electron chi connectivity index (χ1n) is 4.24. The number of nitrogens with two attached hydrogens (primary N) is 1. The van der Waals surface area contributed by atoms with E-state index in [1.807, 2.05) is 0 Å². The first kappa shape index (κ1) is 29.9. The Kier molecular flexibility index (Phi) is 24.8. The zero-order valence-electron chi connectivity index (χ0n) is 10.6. The molecule has 0 aliphatic rings. The van der Waals surface area contributed by atoms with Gasteiger partial charge in [0.05, 0.1) is 12.7 Å².